The fourth-order valence-corrected chi connectivity index (χ4v) is 1.65. The van der Waals surface area contributed by atoms with E-state index in [9.17, 15) is 5.11 Å². The van der Waals surface area contributed by atoms with Gasteiger partial charge in [0.15, 0.2) is 0 Å². The van der Waals surface area contributed by atoms with E-state index in [0.717, 1.165) is 6.42 Å². The molecule has 2 nitrogen and oxygen atoms in total. The standard InChI is InChI=1S/C14H22O2/c1-11(2)16-9-8-14(10-15)13-6-4-12(3)5-7-13/h4-7,11,14-15H,8-10H2,1-3H3. The Bertz CT molecular complexity index is 290. The van der Waals surface area contributed by atoms with E-state index in [-0.39, 0.29) is 18.6 Å². The van der Waals surface area contributed by atoms with Crippen LogP contribution < -0.4 is 0 Å². The highest BCUT2D eigenvalue weighted by molar-refractivity contribution is 5.24. The summed E-state index contributed by atoms with van der Waals surface area (Å²) in [6.07, 6.45) is 1.13. The van der Waals surface area contributed by atoms with Crippen LogP contribution in [0.15, 0.2) is 24.3 Å². The van der Waals surface area contributed by atoms with Crippen LogP contribution in [-0.2, 0) is 4.74 Å². The quantitative estimate of drug-likeness (QED) is 0.802. The van der Waals surface area contributed by atoms with Crippen LogP contribution in [0.3, 0.4) is 0 Å². The van der Waals surface area contributed by atoms with Crippen LogP contribution in [0.1, 0.15) is 37.3 Å². The highest BCUT2D eigenvalue weighted by atomic mass is 16.5. The van der Waals surface area contributed by atoms with Crippen molar-refractivity contribution < 1.29 is 9.84 Å². The van der Waals surface area contributed by atoms with Crippen molar-refractivity contribution in [2.24, 2.45) is 0 Å². The fourth-order valence-electron chi connectivity index (χ4n) is 1.65. The molecule has 0 heterocycles. The van der Waals surface area contributed by atoms with Crippen molar-refractivity contribution in [2.45, 2.75) is 39.2 Å². The molecule has 0 aliphatic rings. The SMILES string of the molecule is Cc1ccc(C(CO)CCOC(C)C)cc1. The highest BCUT2D eigenvalue weighted by Gasteiger charge is 2.10. The Morgan fingerprint density at radius 2 is 1.81 bits per heavy atom. The molecule has 0 amide bonds. The van der Waals surface area contributed by atoms with Crippen LogP contribution in [0.25, 0.3) is 0 Å². The minimum atomic E-state index is 0.185. The topological polar surface area (TPSA) is 29.5 Å². The van der Waals surface area contributed by atoms with Crippen molar-refractivity contribution in [2.75, 3.05) is 13.2 Å². The van der Waals surface area contributed by atoms with Crippen molar-refractivity contribution in [3.05, 3.63) is 35.4 Å². The Morgan fingerprint density at radius 3 is 2.31 bits per heavy atom. The van der Waals surface area contributed by atoms with Gasteiger partial charge in [0.05, 0.1) is 12.7 Å². The predicted octanol–water partition coefficient (Wildman–Crippen LogP) is 2.89. The van der Waals surface area contributed by atoms with Crippen molar-refractivity contribution in [1.82, 2.24) is 0 Å². The average Bonchev–Trinajstić information content (AvgIpc) is 2.26. The van der Waals surface area contributed by atoms with Gasteiger partial charge in [0, 0.05) is 12.5 Å². The van der Waals surface area contributed by atoms with E-state index in [1.54, 1.807) is 0 Å². The van der Waals surface area contributed by atoms with Gasteiger partial charge in [-0.1, -0.05) is 29.8 Å². The second-order valence-electron chi connectivity index (χ2n) is 4.50. The molecule has 1 aromatic carbocycles. The number of aliphatic hydroxyl groups excluding tert-OH is 1. The zero-order valence-corrected chi connectivity index (χ0v) is 10.4. The van der Waals surface area contributed by atoms with E-state index in [2.05, 4.69) is 31.2 Å². The van der Waals surface area contributed by atoms with E-state index >= 15 is 0 Å². The summed E-state index contributed by atoms with van der Waals surface area (Å²) in [7, 11) is 0. The molecule has 1 atom stereocenters. The molecule has 0 saturated carbocycles. The summed E-state index contributed by atoms with van der Waals surface area (Å²) in [6.45, 7) is 7.01. The largest absolute Gasteiger partial charge is 0.396 e. The lowest BCUT2D eigenvalue weighted by atomic mass is 9.96. The lowest BCUT2D eigenvalue weighted by Gasteiger charge is -2.16. The zero-order valence-electron chi connectivity index (χ0n) is 10.4. The number of benzene rings is 1. The number of aliphatic hydroxyl groups is 1. The number of hydrogen-bond acceptors (Lipinski definition) is 2. The van der Waals surface area contributed by atoms with Crippen LogP contribution in [-0.4, -0.2) is 24.4 Å². The van der Waals surface area contributed by atoms with Crippen molar-refractivity contribution >= 4 is 0 Å². The van der Waals surface area contributed by atoms with Crippen LogP contribution >= 0.6 is 0 Å². The lowest BCUT2D eigenvalue weighted by Crippen LogP contribution is -2.11. The smallest absolute Gasteiger partial charge is 0.0518 e. The Labute approximate surface area is 98.3 Å². The molecule has 1 rings (SSSR count). The lowest BCUT2D eigenvalue weighted by molar-refractivity contribution is 0.0691. The molecule has 0 fully saturated rings. The van der Waals surface area contributed by atoms with Gasteiger partial charge < -0.3 is 9.84 Å². The first-order valence-corrected chi connectivity index (χ1v) is 5.92. The molecule has 2 heteroatoms. The Balaban J connectivity index is 2.50. The van der Waals surface area contributed by atoms with E-state index in [4.69, 9.17) is 4.74 Å². The molecule has 0 spiro atoms. The van der Waals surface area contributed by atoms with Crippen LogP contribution in [0, 0.1) is 6.92 Å². The Morgan fingerprint density at radius 1 is 1.19 bits per heavy atom. The summed E-state index contributed by atoms with van der Waals surface area (Å²) in [5, 5.41) is 9.36. The summed E-state index contributed by atoms with van der Waals surface area (Å²) < 4.78 is 5.51. The van der Waals surface area contributed by atoms with Crippen molar-refractivity contribution in [3.63, 3.8) is 0 Å². The molecule has 0 radical (unpaired) electrons. The number of rotatable bonds is 6. The second-order valence-corrected chi connectivity index (χ2v) is 4.50. The van der Waals surface area contributed by atoms with Crippen LogP contribution in [0.4, 0.5) is 0 Å². The van der Waals surface area contributed by atoms with Gasteiger partial charge in [0.1, 0.15) is 0 Å². The maximum absolute atomic E-state index is 9.36. The summed E-state index contributed by atoms with van der Waals surface area (Å²) in [6, 6.07) is 8.35. The summed E-state index contributed by atoms with van der Waals surface area (Å²) in [5.74, 6) is 0.194. The number of aryl methyl sites for hydroxylation is 1. The molecular weight excluding hydrogens is 200 g/mol. The predicted molar refractivity (Wildman–Crippen MR) is 66.7 cm³/mol. The first-order valence-electron chi connectivity index (χ1n) is 5.92. The molecule has 0 bridgehead atoms. The van der Waals surface area contributed by atoms with Crippen LogP contribution in [0.2, 0.25) is 0 Å². The minimum absolute atomic E-state index is 0.185. The van der Waals surface area contributed by atoms with E-state index in [1.807, 2.05) is 13.8 Å². The first kappa shape index (κ1) is 13.2. The van der Waals surface area contributed by atoms with Gasteiger partial charge in [-0.2, -0.15) is 0 Å². The molecule has 16 heavy (non-hydrogen) atoms. The molecule has 0 aliphatic carbocycles. The van der Waals surface area contributed by atoms with Gasteiger partial charge >= 0.3 is 0 Å². The van der Waals surface area contributed by atoms with Gasteiger partial charge in [0.25, 0.3) is 0 Å². The van der Waals surface area contributed by atoms with Gasteiger partial charge in [0.2, 0.25) is 0 Å². The van der Waals surface area contributed by atoms with Gasteiger partial charge in [-0.15, -0.1) is 0 Å². The molecule has 90 valence electrons. The normalized spacial score (nSPS) is 13.1. The van der Waals surface area contributed by atoms with Gasteiger partial charge in [-0.3, -0.25) is 0 Å². The monoisotopic (exact) mass is 222 g/mol. The third-order valence-corrected chi connectivity index (χ3v) is 2.69. The van der Waals surface area contributed by atoms with Gasteiger partial charge in [-0.25, -0.2) is 0 Å². The van der Waals surface area contributed by atoms with E-state index in [1.165, 1.54) is 11.1 Å². The molecule has 1 unspecified atom stereocenters. The van der Waals surface area contributed by atoms with E-state index in [0.29, 0.717) is 6.61 Å². The molecule has 0 aliphatic heterocycles. The highest BCUT2D eigenvalue weighted by Crippen LogP contribution is 2.19. The summed E-state index contributed by atoms with van der Waals surface area (Å²) in [4.78, 5) is 0. The zero-order chi connectivity index (χ0) is 12.0. The summed E-state index contributed by atoms with van der Waals surface area (Å²) in [5.41, 5.74) is 2.44. The third kappa shape index (κ3) is 4.33. The van der Waals surface area contributed by atoms with Crippen molar-refractivity contribution in [1.29, 1.82) is 0 Å². The first-order chi connectivity index (χ1) is 7.63. The molecule has 0 saturated heterocycles. The molecule has 1 N–H and O–H groups in total. The second kappa shape index (κ2) is 6.66. The molecule has 0 aromatic heterocycles. The number of ether oxygens (including phenoxy) is 1. The molecular formula is C14H22O2. The maximum atomic E-state index is 9.36. The average molecular weight is 222 g/mol. The summed E-state index contributed by atoms with van der Waals surface area (Å²) >= 11 is 0. The Hall–Kier alpha value is -0.860. The maximum Gasteiger partial charge on any atom is 0.0518 e. The molecule has 1 aromatic rings. The Kier molecular flexibility index (Phi) is 5.50. The third-order valence-electron chi connectivity index (χ3n) is 2.69. The van der Waals surface area contributed by atoms with Crippen LogP contribution in [0.5, 0.6) is 0 Å². The van der Waals surface area contributed by atoms with Crippen molar-refractivity contribution in [3.8, 4) is 0 Å². The van der Waals surface area contributed by atoms with Gasteiger partial charge in [-0.05, 0) is 32.8 Å². The minimum Gasteiger partial charge on any atom is -0.396 e. The fraction of sp³-hybridized carbons (Fsp3) is 0.571. The number of hydrogen-bond donors (Lipinski definition) is 1. The van der Waals surface area contributed by atoms with E-state index < -0.39 is 0 Å².